The van der Waals surface area contributed by atoms with Crippen LogP contribution in [-0.2, 0) is 19.9 Å². The molecule has 0 aliphatic carbocycles. The second-order valence-corrected chi connectivity index (χ2v) is 11.6. The van der Waals surface area contributed by atoms with E-state index >= 15 is 0 Å². The van der Waals surface area contributed by atoms with Crippen molar-refractivity contribution in [2.24, 2.45) is 0 Å². The zero-order chi connectivity index (χ0) is 21.4. The van der Waals surface area contributed by atoms with Gasteiger partial charge in [0.15, 0.2) is 9.84 Å². The number of β-amino-alcohol motifs (C(OH)–C–C–N with tert-alkyl or cyclic N) is 1. The number of aliphatic hydroxyl groups excluding tert-OH is 1. The Kier molecular flexibility index (Phi) is 5.88. The monoisotopic (exact) mass is 500 g/mol. The number of hydrogen-bond acceptors (Lipinski definition) is 7. The third kappa shape index (κ3) is 3.84. The Balaban J connectivity index is 2.02. The fraction of sp³-hybridized carbons (Fsp3) is 0.278. The number of rotatable bonds is 5. The molecule has 0 saturated carbocycles. The molecule has 1 heterocycles. The van der Waals surface area contributed by atoms with Crippen LogP contribution in [-0.4, -0.2) is 61.9 Å². The number of nitrogens with zero attached hydrogens (tertiary/aromatic N) is 2. The van der Waals surface area contributed by atoms with Crippen molar-refractivity contribution in [1.82, 2.24) is 4.31 Å². The highest BCUT2D eigenvalue weighted by Gasteiger charge is 2.55. The molecule has 11 heteroatoms. The molecule has 2 aromatic carbocycles. The lowest BCUT2D eigenvalue weighted by atomic mass is 10.1. The molecule has 3 rings (SSSR count). The van der Waals surface area contributed by atoms with Crippen LogP contribution in [0.4, 0.5) is 0 Å². The maximum Gasteiger partial charge on any atom is 0.244 e. The van der Waals surface area contributed by atoms with Crippen LogP contribution in [0.2, 0.25) is 0 Å². The van der Waals surface area contributed by atoms with E-state index in [0.29, 0.717) is 4.47 Å². The van der Waals surface area contributed by atoms with Crippen molar-refractivity contribution in [2.75, 3.05) is 19.7 Å². The summed E-state index contributed by atoms with van der Waals surface area (Å²) in [6, 6.07) is 13.0. The maximum atomic E-state index is 13.1. The largest absolute Gasteiger partial charge is 0.393 e. The quantitative estimate of drug-likeness (QED) is 0.621. The molecule has 29 heavy (non-hydrogen) atoms. The molecule has 0 amide bonds. The van der Waals surface area contributed by atoms with Crippen molar-refractivity contribution >= 4 is 35.8 Å². The average molecular weight is 501 g/mol. The highest BCUT2D eigenvalue weighted by Crippen LogP contribution is 2.36. The molecule has 1 saturated heterocycles. The standard InChI is InChI=1S/C18H17BrN2O6S2/c19-15-3-1-2-4-16(15)29(26,27)21-10-17(18(23,11-21)12-22)28(24,25)14-7-5-13(9-20)6-8-14/h1-8,17,22-23H,10-12H2/t17-,18+/m0/s1. The third-order valence-electron chi connectivity index (χ3n) is 4.83. The van der Waals surface area contributed by atoms with E-state index in [1.807, 2.05) is 6.07 Å². The lowest BCUT2D eigenvalue weighted by molar-refractivity contribution is 0.00160. The Morgan fingerprint density at radius 1 is 1.14 bits per heavy atom. The first-order chi connectivity index (χ1) is 13.6. The van der Waals surface area contributed by atoms with Crippen LogP contribution >= 0.6 is 15.9 Å². The number of halogens is 1. The zero-order valence-electron chi connectivity index (χ0n) is 14.9. The van der Waals surface area contributed by atoms with Crippen LogP contribution in [0.25, 0.3) is 0 Å². The van der Waals surface area contributed by atoms with Gasteiger partial charge in [-0.25, -0.2) is 16.8 Å². The highest BCUT2D eigenvalue weighted by molar-refractivity contribution is 9.10. The molecular weight excluding hydrogens is 484 g/mol. The molecule has 8 nitrogen and oxygen atoms in total. The van der Waals surface area contributed by atoms with E-state index in [2.05, 4.69) is 15.9 Å². The number of benzene rings is 2. The molecule has 0 spiro atoms. The predicted molar refractivity (Wildman–Crippen MR) is 107 cm³/mol. The van der Waals surface area contributed by atoms with Gasteiger partial charge in [-0.1, -0.05) is 12.1 Å². The summed E-state index contributed by atoms with van der Waals surface area (Å²) in [7, 11) is -8.33. The van der Waals surface area contributed by atoms with Crippen molar-refractivity contribution in [3.05, 3.63) is 58.6 Å². The van der Waals surface area contributed by atoms with E-state index in [1.165, 1.54) is 42.5 Å². The molecule has 0 unspecified atom stereocenters. The van der Waals surface area contributed by atoms with Crippen LogP contribution in [0.3, 0.4) is 0 Å². The molecule has 2 N–H and O–H groups in total. The second kappa shape index (κ2) is 7.79. The summed E-state index contributed by atoms with van der Waals surface area (Å²) in [5, 5.41) is 27.8. The molecule has 0 radical (unpaired) electrons. The van der Waals surface area contributed by atoms with Gasteiger partial charge in [-0.2, -0.15) is 9.57 Å². The Bertz CT molecular complexity index is 1180. The Hall–Kier alpha value is -1.81. The Morgan fingerprint density at radius 2 is 1.76 bits per heavy atom. The van der Waals surface area contributed by atoms with Gasteiger partial charge in [0.05, 0.1) is 28.0 Å². The van der Waals surface area contributed by atoms with Gasteiger partial charge >= 0.3 is 0 Å². The minimum Gasteiger partial charge on any atom is -0.393 e. The summed E-state index contributed by atoms with van der Waals surface area (Å²) < 4.78 is 53.4. The zero-order valence-corrected chi connectivity index (χ0v) is 18.2. The van der Waals surface area contributed by atoms with E-state index in [4.69, 9.17) is 5.26 Å². The molecular formula is C18H17BrN2O6S2. The van der Waals surface area contributed by atoms with Crippen LogP contribution in [0.15, 0.2) is 62.8 Å². The van der Waals surface area contributed by atoms with E-state index in [1.54, 1.807) is 6.07 Å². The first-order valence-electron chi connectivity index (χ1n) is 8.38. The van der Waals surface area contributed by atoms with Gasteiger partial charge in [0.25, 0.3) is 0 Å². The summed E-state index contributed by atoms with van der Waals surface area (Å²) in [4.78, 5) is -0.245. The highest BCUT2D eigenvalue weighted by atomic mass is 79.9. The van der Waals surface area contributed by atoms with Crippen molar-refractivity contribution < 1.29 is 27.0 Å². The molecule has 0 aromatic heterocycles. The average Bonchev–Trinajstić information content (AvgIpc) is 3.08. The Labute approximate surface area is 177 Å². The number of hydrogen-bond donors (Lipinski definition) is 2. The van der Waals surface area contributed by atoms with Crippen LogP contribution in [0, 0.1) is 11.3 Å². The number of nitriles is 1. The summed E-state index contributed by atoms with van der Waals surface area (Å²) in [6.45, 7) is -2.04. The molecule has 2 aromatic rings. The van der Waals surface area contributed by atoms with Gasteiger partial charge in [0.1, 0.15) is 10.9 Å². The first kappa shape index (κ1) is 21.9. The summed E-state index contributed by atoms with van der Waals surface area (Å²) in [6.07, 6.45) is 0. The van der Waals surface area contributed by atoms with E-state index in [9.17, 15) is 27.0 Å². The van der Waals surface area contributed by atoms with Crippen molar-refractivity contribution in [3.8, 4) is 6.07 Å². The topological polar surface area (TPSA) is 136 Å². The summed E-state index contributed by atoms with van der Waals surface area (Å²) in [5.41, 5.74) is -1.92. The van der Waals surface area contributed by atoms with Gasteiger partial charge in [-0.15, -0.1) is 0 Å². The normalized spacial score (nSPS) is 23.0. The fourth-order valence-electron chi connectivity index (χ4n) is 3.22. The smallest absolute Gasteiger partial charge is 0.244 e. The molecule has 154 valence electrons. The SMILES string of the molecule is N#Cc1ccc(S(=O)(=O)[C@H]2CN(S(=O)(=O)c3ccccc3Br)C[C@@]2(O)CO)cc1. The molecule has 1 aliphatic heterocycles. The van der Waals surface area contributed by atoms with Gasteiger partial charge in [0, 0.05) is 17.6 Å². The molecule has 0 bridgehead atoms. The maximum absolute atomic E-state index is 13.1. The first-order valence-corrected chi connectivity index (χ1v) is 12.2. The van der Waals surface area contributed by atoms with Crippen LogP contribution < -0.4 is 0 Å². The number of sulfonamides is 1. The lowest BCUT2D eigenvalue weighted by Gasteiger charge is -2.26. The van der Waals surface area contributed by atoms with E-state index in [0.717, 1.165) is 4.31 Å². The van der Waals surface area contributed by atoms with Crippen molar-refractivity contribution in [1.29, 1.82) is 5.26 Å². The van der Waals surface area contributed by atoms with E-state index in [-0.39, 0.29) is 15.4 Å². The lowest BCUT2D eigenvalue weighted by Crippen LogP contribution is -2.49. The summed E-state index contributed by atoms with van der Waals surface area (Å²) >= 11 is 3.17. The fourth-order valence-corrected chi connectivity index (χ4v) is 7.75. The number of sulfone groups is 1. The van der Waals surface area contributed by atoms with Crippen molar-refractivity contribution in [2.45, 2.75) is 20.6 Å². The molecule has 2 atom stereocenters. The van der Waals surface area contributed by atoms with Crippen molar-refractivity contribution in [3.63, 3.8) is 0 Å². The Morgan fingerprint density at radius 3 is 2.31 bits per heavy atom. The van der Waals surface area contributed by atoms with Crippen LogP contribution in [0.5, 0.6) is 0 Å². The predicted octanol–water partition coefficient (Wildman–Crippen LogP) is 0.891. The minimum absolute atomic E-state index is 0.0725. The van der Waals surface area contributed by atoms with Gasteiger partial charge in [0.2, 0.25) is 10.0 Å². The minimum atomic E-state index is -4.21. The van der Waals surface area contributed by atoms with Gasteiger partial charge < -0.3 is 10.2 Å². The molecule has 1 fully saturated rings. The van der Waals surface area contributed by atoms with Gasteiger partial charge in [-0.05, 0) is 52.3 Å². The number of aliphatic hydroxyl groups is 2. The molecule has 1 aliphatic rings. The van der Waals surface area contributed by atoms with E-state index < -0.39 is 50.4 Å². The summed E-state index contributed by atoms with van der Waals surface area (Å²) in [5.74, 6) is 0. The second-order valence-electron chi connectivity index (χ2n) is 6.66. The van der Waals surface area contributed by atoms with Gasteiger partial charge in [-0.3, -0.25) is 0 Å². The third-order valence-corrected chi connectivity index (χ3v) is 9.92. The van der Waals surface area contributed by atoms with Crippen LogP contribution in [0.1, 0.15) is 5.56 Å².